The van der Waals surface area contributed by atoms with Crippen LogP contribution >= 0.6 is 0 Å². The molecule has 0 atom stereocenters. The highest BCUT2D eigenvalue weighted by atomic mass is 19.3. The topological polar surface area (TPSA) is 58.6 Å². The van der Waals surface area contributed by atoms with Gasteiger partial charge < -0.3 is 15.2 Å². The van der Waals surface area contributed by atoms with E-state index >= 15 is 0 Å². The number of alkyl carbamates (subject to hydrolysis) is 1. The van der Waals surface area contributed by atoms with Crippen LogP contribution in [0.2, 0.25) is 0 Å². The van der Waals surface area contributed by atoms with E-state index in [-0.39, 0.29) is 43.9 Å². The molecule has 4 nitrogen and oxygen atoms in total. The van der Waals surface area contributed by atoms with Crippen LogP contribution in [0.1, 0.15) is 42.7 Å². The Morgan fingerprint density at radius 1 is 1.00 bits per heavy atom. The predicted molar refractivity (Wildman–Crippen MR) is 108 cm³/mol. The van der Waals surface area contributed by atoms with Gasteiger partial charge in [-0.05, 0) is 40.5 Å². The molecule has 2 aromatic rings. The third-order valence-electron chi connectivity index (χ3n) is 7.05. The van der Waals surface area contributed by atoms with Crippen molar-refractivity contribution in [1.82, 2.24) is 5.32 Å². The molecule has 0 unspecified atom stereocenters. The van der Waals surface area contributed by atoms with Gasteiger partial charge in [0.15, 0.2) is 0 Å². The summed E-state index contributed by atoms with van der Waals surface area (Å²) in [5.41, 5.74) is 3.75. The minimum atomic E-state index is -2.57. The third-order valence-corrected chi connectivity index (χ3v) is 7.05. The van der Waals surface area contributed by atoms with E-state index in [0.29, 0.717) is 12.8 Å². The molecular formula is C24H25F2NO3. The first-order chi connectivity index (χ1) is 14.3. The average molecular weight is 413 g/mol. The van der Waals surface area contributed by atoms with Gasteiger partial charge in [0.05, 0.1) is 6.61 Å². The van der Waals surface area contributed by atoms with Gasteiger partial charge in [0, 0.05) is 30.7 Å². The number of carbonyl (C=O) groups excluding carboxylic acids is 1. The Morgan fingerprint density at radius 3 is 2.10 bits per heavy atom. The minimum absolute atomic E-state index is 0.0147. The molecule has 3 aliphatic rings. The van der Waals surface area contributed by atoms with E-state index < -0.39 is 17.4 Å². The second-order valence-electron chi connectivity index (χ2n) is 9.40. The van der Waals surface area contributed by atoms with Crippen molar-refractivity contribution in [3.63, 3.8) is 0 Å². The zero-order valence-electron chi connectivity index (χ0n) is 16.7. The molecule has 158 valence electrons. The van der Waals surface area contributed by atoms with Crippen molar-refractivity contribution < 1.29 is 23.4 Å². The number of carbonyl (C=O) groups is 1. The van der Waals surface area contributed by atoms with Gasteiger partial charge in [-0.2, -0.15) is 0 Å². The summed E-state index contributed by atoms with van der Waals surface area (Å²) in [5.74, 6) is -2.58. The SMILES string of the molecule is O=C(NCC1(CO)CC2(CC(F)(F)C2)C1)OCC1c2ccccc2-c2ccccc21. The molecule has 1 spiro atoms. The van der Waals surface area contributed by atoms with Crippen LogP contribution in [0.3, 0.4) is 0 Å². The van der Waals surface area contributed by atoms with E-state index in [1.54, 1.807) is 0 Å². The van der Waals surface area contributed by atoms with Crippen LogP contribution in [-0.4, -0.2) is 36.9 Å². The van der Waals surface area contributed by atoms with Crippen LogP contribution in [0, 0.1) is 10.8 Å². The maximum atomic E-state index is 13.2. The first-order valence-electron chi connectivity index (χ1n) is 10.4. The number of hydrogen-bond donors (Lipinski definition) is 2. The van der Waals surface area contributed by atoms with Crippen molar-refractivity contribution >= 4 is 6.09 Å². The van der Waals surface area contributed by atoms with Crippen molar-refractivity contribution in [3.8, 4) is 11.1 Å². The second-order valence-corrected chi connectivity index (χ2v) is 9.40. The molecule has 0 radical (unpaired) electrons. The normalized spacial score (nSPS) is 21.8. The molecule has 2 N–H and O–H groups in total. The summed E-state index contributed by atoms with van der Waals surface area (Å²) in [6.45, 7) is 0.347. The molecule has 1 amide bonds. The number of halogens is 2. The lowest BCUT2D eigenvalue weighted by atomic mass is 9.44. The molecular weight excluding hydrogens is 388 g/mol. The molecule has 5 rings (SSSR count). The van der Waals surface area contributed by atoms with Crippen LogP contribution in [0.4, 0.5) is 13.6 Å². The fourth-order valence-corrected chi connectivity index (χ4v) is 6.04. The molecule has 30 heavy (non-hydrogen) atoms. The van der Waals surface area contributed by atoms with Crippen molar-refractivity contribution in [3.05, 3.63) is 59.7 Å². The molecule has 0 saturated heterocycles. The van der Waals surface area contributed by atoms with Crippen molar-refractivity contribution in [2.24, 2.45) is 10.8 Å². The lowest BCUT2D eigenvalue weighted by Crippen LogP contribution is -2.62. The molecule has 0 bridgehead atoms. The minimum Gasteiger partial charge on any atom is -0.449 e. The highest BCUT2D eigenvalue weighted by Gasteiger charge is 2.66. The number of alkyl halides is 2. The maximum Gasteiger partial charge on any atom is 0.407 e. The monoisotopic (exact) mass is 413 g/mol. The summed E-state index contributed by atoms with van der Waals surface area (Å²) in [7, 11) is 0. The van der Waals surface area contributed by atoms with Crippen LogP contribution in [0.15, 0.2) is 48.5 Å². The molecule has 2 aromatic carbocycles. The molecule has 0 heterocycles. The summed E-state index contributed by atoms with van der Waals surface area (Å²) in [6.07, 6.45) is 0.301. The molecule has 0 aromatic heterocycles. The summed E-state index contributed by atoms with van der Waals surface area (Å²) in [6, 6.07) is 16.3. The fourth-order valence-electron chi connectivity index (χ4n) is 6.04. The van der Waals surface area contributed by atoms with Gasteiger partial charge >= 0.3 is 6.09 Å². The van der Waals surface area contributed by atoms with Gasteiger partial charge in [0.1, 0.15) is 6.61 Å². The summed E-state index contributed by atoms with van der Waals surface area (Å²) in [5, 5.41) is 12.5. The first-order valence-corrected chi connectivity index (χ1v) is 10.4. The Hall–Kier alpha value is -2.47. The smallest absolute Gasteiger partial charge is 0.407 e. The van der Waals surface area contributed by atoms with E-state index in [1.807, 2.05) is 24.3 Å². The Morgan fingerprint density at radius 2 is 1.57 bits per heavy atom. The van der Waals surface area contributed by atoms with Crippen LogP contribution < -0.4 is 5.32 Å². The third kappa shape index (κ3) is 3.18. The van der Waals surface area contributed by atoms with Gasteiger partial charge in [0.2, 0.25) is 5.92 Å². The number of hydrogen-bond acceptors (Lipinski definition) is 3. The lowest BCUT2D eigenvalue weighted by Gasteiger charge is -2.62. The number of benzene rings is 2. The Kier molecular flexibility index (Phi) is 4.40. The molecule has 3 aliphatic carbocycles. The highest BCUT2D eigenvalue weighted by molar-refractivity contribution is 5.79. The number of aliphatic hydroxyl groups is 1. The van der Waals surface area contributed by atoms with Crippen LogP contribution in [-0.2, 0) is 4.74 Å². The first kappa shape index (κ1) is 19.5. The summed E-state index contributed by atoms with van der Waals surface area (Å²) >= 11 is 0. The van der Waals surface area contributed by atoms with E-state index in [0.717, 1.165) is 11.1 Å². The van der Waals surface area contributed by atoms with Crippen LogP contribution in [0.5, 0.6) is 0 Å². The zero-order valence-corrected chi connectivity index (χ0v) is 16.7. The number of rotatable bonds is 5. The average Bonchev–Trinajstić information content (AvgIpc) is 3.01. The number of ether oxygens (including phenoxy) is 1. The second kappa shape index (κ2) is 6.77. The Bertz CT molecular complexity index is 928. The predicted octanol–water partition coefficient (Wildman–Crippen LogP) is 4.71. The quantitative estimate of drug-likeness (QED) is 0.746. The molecule has 2 fully saturated rings. The van der Waals surface area contributed by atoms with Gasteiger partial charge in [-0.25, -0.2) is 13.6 Å². The van der Waals surface area contributed by atoms with Gasteiger partial charge in [-0.15, -0.1) is 0 Å². The van der Waals surface area contributed by atoms with Crippen molar-refractivity contribution in [1.29, 1.82) is 0 Å². The molecule has 6 heteroatoms. The summed E-state index contributed by atoms with van der Waals surface area (Å²) in [4.78, 5) is 12.3. The van der Waals surface area contributed by atoms with Gasteiger partial charge in [-0.3, -0.25) is 0 Å². The maximum absolute atomic E-state index is 13.2. The van der Waals surface area contributed by atoms with Gasteiger partial charge in [-0.1, -0.05) is 48.5 Å². The highest BCUT2D eigenvalue weighted by Crippen LogP contribution is 2.68. The largest absolute Gasteiger partial charge is 0.449 e. The molecule has 0 aliphatic heterocycles. The Balaban J connectivity index is 1.18. The number of nitrogens with one attached hydrogen (secondary N) is 1. The standard InChI is InChI=1S/C24H25F2NO3/c25-24(26)12-22(13-24)10-23(11-22,15-28)14-27-21(29)30-9-20-18-7-3-1-5-16(18)17-6-2-4-8-19(17)20/h1-8,20,28H,9-15H2,(H,27,29). The van der Waals surface area contributed by atoms with E-state index in [1.165, 1.54) is 11.1 Å². The number of aliphatic hydroxyl groups excluding tert-OH is 1. The van der Waals surface area contributed by atoms with E-state index in [9.17, 15) is 18.7 Å². The summed E-state index contributed by atoms with van der Waals surface area (Å²) < 4.78 is 32.0. The number of fused-ring (bicyclic) bond motifs is 3. The van der Waals surface area contributed by atoms with Crippen molar-refractivity contribution in [2.45, 2.75) is 37.5 Å². The van der Waals surface area contributed by atoms with E-state index in [2.05, 4.69) is 29.6 Å². The van der Waals surface area contributed by atoms with Gasteiger partial charge in [0.25, 0.3) is 0 Å². The van der Waals surface area contributed by atoms with E-state index in [4.69, 9.17) is 4.74 Å². The number of amides is 1. The lowest BCUT2D eigenvalue weighted by molar-refractivity contribution is -0.236. The zero-order chi connectivity index (χ0) is 21.0. The fraction of sp³-hybridized carbons (Fsp3) is 0.458. The molecule has 2 saturated carbocycles. The Labute approximate surface area is 174 Å². The van der Waals surface area contributed by atoms with Crippen molar-refractivity contribution in [2.75, 3.05) is 19.8 Å². The van der Waals surface area contributed by atoms with Crippen LogP contribution in [0.25, 0.3) is 11.1 Å².